The Labute approximate surface area is 98.4 Å². The van der Waals surface area contributed by atoms with Crippen LogP contribution in [0.15, 0.2) is 28.6 Å². The molecule has 0 spiro atoms. The van der Waals surface area contributed by atoms with Crippen LogP contribution < -0.4 is 0 Å². The van der Waals surface area contributed by atoms with Crippen LogP contribution in [0.25, 0.3) is 0 Å². The van der Waals surface area contributed by atoms with E-state index in [1.165, 1.54) is 12.3 Å². The standard InChI is InChI=1S/C12H14O5/c1-2-3-4-11-8(5-6-17-11)9(13)7-10(14)12(15)16/h5-7,14H,2-4H2,1H3,(H,15,16)/b10-7-. The first-order valence-electron chi connectivity index (χ1n) is 5.31. The van der Waals surface area contributed by atoms with E-state index in [0.29, 0.717) is 23.8 Å². The number of carboxylic acid groups (broad SMARTS) is 1. The SMILES string of the molecule is CCCCc1occc1C(=O)/C=C(\O)C(=O)O. The van der Waals surface area contributed by atoms with Gasteiger partial charge >= 0.3 is 5.97 Å². The number of hydrogen-bond donors (Lipinski definition) is 2. The number of furan rings is 1. The quantitative estimate of drug-likeness (QED) is 0.451. The van der Waals surface area contributed by atoms with E-state index in [9.17, 15) is 9.59 Å². The molecule has 0 bridgehead atoms. The smallest absolute Gasteiger partial charge is 0.371 e. The third kappa shape index (κ3) is 3.48. The van der Waals surface area contributed by atoms with Crippen LogP contribution in [-0.2, 0) is 11.2 Å². The Hall–Kier alpha value is -2.04. The highest BCUT2D eigenvalue weighted by Crippen LogP contribution is 2.15. The third-order valence-corrected chi connectivity index (χ3v) is 2.26. The van der Waals surface area contributed by atoms with Gasteiger partial charge in [-0.15, -0.1) is 0 Å². The minimum absolute atomic E-state index is 0.297. The average molecular weight is 238 g/mol. The molecule has 92 valence electrons. The number of carbonyl (C=O) groups is 2. The number of aliphatic hydroxyl groups is 1. The van der Waals surface area contributed by atoms with Crippen LogP contribution in [0.2, 0.25) is 0 Å². The van der Waals surface area contributed by atoms with E-state index in [2.05, 4.69) is 0 Å². The van der Waals surface area contributed by atoms with E-state index in [-0.39, 0.29) is 0 Å². The summed E-state index contributed by atoms with van der Waals surface area (Å²) in [5, 5.41) is 17.4. The van der Waals surface area contributed by atoms with E-state index in [1.807, 2.05) is 6.92 Å². The summed E-state index contributed by atoms with van der Waals surface area (Å²) >= 11 is 0. The van der Waals surface area contributed by atoms with Crippen molar-refractivity contribution in [1.29, 1.82) is 0 Å². The molecule has 0 radical (unpaired) electrons. The van der Waals surface area contributed by atoms with Gasteiger partial charge in [0.05, 0.1) is 11.8 Å². The number of aliphatic carboxylic acids is 1. The van der Waals surface area contributed by atoms with Gasteiger partial charge in [0, 0.05) is 12.5 Å². The number of unbranched alkanes of at least 4 members (excludes halogenated alkanes) is 1. The molecule has 5 heteroatoms. The van der Waals surface area contributed by atoms with Crippen LogP contribution in [-0.4, -0.2) is 22.0 Å². The molecule has 1 rings (SSSR count). The van der Waals surface area contributed by atoms with Crippen LogP contribution >= 0.6 is 0 Å². The summed E-state index contributed by atoms with van der Waals surface area (Å²) in [6, 6.07) is 1.47. The van der Waals surface area contributed by atoms with Crippen molar-refractivity contribution >= 4 is 11.8 Å². The molecule has 0 saturated heterocycles. The molecular formula is C12H14O5. The predicted molar refractivity (Wildman–Crippen MR) is 60.0 cm³/mol. The molecule has 0 atom stereocenters. The van der Waals surface area contributed by atoms with E-state index in [0.717, 1.165) is 12.8 Å². The van der Waals surface area contributed by atoms with Crippen molar-refractivity contribution in [3.63, 3.8) is 0 Å². The molecule has 0 saturated carbocycles. The highest BCUT2D eigenvalue weighted by molar-refractivity contribution is 6.08. The molecular weight excluding hydrogens is 224 g/mol. The van der Waals surface area contributed by atoms with Crippen LogP contribution in [0, 0.1) is 0 Å². The number of hydrogen-bond acceptors (Lipinski definition) is 4. The van der Waals surface area contributed by atoms with Gasteiger partial charge in [0.2, 0.25) is 5.76 Å². The third-order valence-electron chi connectivity index (χ3n) is 2.26. The van der Waals surface area contributed by atoms with Crippen molar-refractivity contribution in [1.82, 2.24) is 0 Å². The van der Waals surface area contributed by atoms with E-state index in [1.54, 1.807) is 0 Å². The first-order valence-corrected chi connectivity index (χ1v) is 5.31. The Balaban J connectivity index is 2.86. The second-order valence-corrected chi connectivity index (χ2v) is 3.56. The Morgan fingerprint density at radius 3 is 2.71 bits per heavy atom. The molecule has 5 nitrogen and oxygen atoms in total. The Morgan fingerprint density at radius 1 is 1.41 bits per heavy atom. The van der Waals surface area contributed by atoms with Crippen LogP contribution in [0.3, 0.4) is 0 Å². The molecule has 0 amide bonds. The Bertz CT molecular complexity index is 442. The van der Waals surface area contributed by atoms with E-state index >= 15 is 0 Å². The highest BCUT2D eigenvalue weighted by Gasteiger charge is 2.15. The van der Waals surface area contributed by atoms with Gasteiger partial charge < -0.3 is 14.6 Å². The van der Waals surface area contributed by atoms with Crippen molar-refractivity contribution in [2.45, 2.75) is 26.2 Å². The molecule has 0 unspecified atom stereocenters. The average Bonchev–Trinajstić information content (AvgIpc) is 2.74. The number of carbonyl (C=O) groups excluding carboxylic acids is 1. The van der Waals surface area contributed by atoms with Crippen molar-refractivity contribution in [2.24, 2.45) is 0 Å². The first kappa shape index (κ1) is 13.0. The fraction of sp³-hybridized carbons (Fsp3) is 0.333. The van der Waals surface area contributed by atoms with Crippen LogP contribution in [0.4, 0.5) is 0 Å². The second kappa shape index (κ2) is 5.89. The molecule has 1 aromatic rings. The van der Waals surface area contributed by atoms with Crippen LogP contribution in [0.5, 0.6) is 0 Å². The van der Waals surface area contributed by atoms with Crippen molar-refractivity contribution in [3.05, 3.63) is 35.5 Å². The first-order chi connectivity index (χ1) is 8.06. The predicted octanol–water partition coefficient (Wildman–Crippen LogP) is 2.33. The Kier molecular flexibility index (Phi) is 4.51. The van der Waals surface area contributed by atoms with Gasteiger partial charge in [0.1, 0.15) is 5.76 Å². The summed E-state index contributed by atoms with van der Waals surface area (Å²) in [4.78, 5) is 22.0. The molecule has 0 aliphatic rings. The number of allylic oxidation sites excluding steroid dienone is 1. The second-order valence-electron chi connectivity index (χ2n) is 3.56. The summed E-state index contributed by atoms with van der Waals surface area (Å²) in [5.41, 5.74) is 0.297. The summed E-state index contributed by atoms with van der Waals surface area (Å²) in [5.74, 6) is -2.55. The highest BCUT2D eigenvalue weighted by atomic mass is 16.4. The van der Waals surface area contributed by atoms with Gasteiger partial charge in [-0.1, -0.05) is 13.3 Å². The minimum atomic E-state index is -1.53. The molecule has 0 aliphatic carbocycles. The molecule has 1 aromatic heterocycles. The fourth-order valence-corrected chi connectivity index (χ4v) is 1.35. The largest absolute Gasteiger partial charge is 0.502 e. The van der Waals surface area contributed by atoms with Crippen molar-refractivity contribution in [2.75, 3.05) is 0 Å². The summed E-state index contributed by atoms with van der Waals surface area (Å²) in [6.45, 7) is 2.01. The maximum absolute atomic E-state index is 11.6. The lowest BCUT2D eigenvalue weighted by atomic mass is 10.1. The molecule has 17 heavy (non-hydrogen) atoms. The minimum Gasteiger partial charge on any atom is -0.502 e. The lowest BCUT2D eigenvalue weighted by Gasteiger charge is -1.98. The van der Waals surface area contributed by atoms with Gasteiger partial charge in [0.15, 0.2) is 5.78 Å². The maximum Gasteiger partial charge on any atom is 0.371 e. The molecule has 0 aliphatic heterocycles. The Morgan fingerprint density at radius 2 is 2.12 bits per heavy atom. The summed E-state index contributed by atoms with van der Waals surface area (Å²) in [6.07, 6.45) is 4.52. The molecule has 0 fully saturated rings. The van der Waals surface area contributed by atoms with E-state index < -0.39 is 17.5 Å². The molecule has 1 heterocycles. The summed E-state index contributed by atoms with van der Waals surface area (Å²) < 4.78 is 5.15. The lowest BCUT2D eigenvalue weighted by Crippen LogP contribution is -2.04. The van der Waals surface area contributed by atoms with Gasteiger partial charge in [-0.25, -0.2) is 4.79 Å². The monoisotopic (exact) mass is 238 g/mol. The van der Waals surface area contributed by atoms with Crippen molar-refractivity contribution in [3.8, 4) is 0 Å². The number of aryl methyl sites for hydroxylation is 1. The van der Waals surface area contributed by atoms with Gasteiger partial charge in [-0.3, -0.25) is 4.79 Å². The normalized spacial score (nSPS) is 11.5. The van der Waals surface area contributed by atoms with Gasteiger partial charge in [0.25, 0.3) is 0 Å². The lowest BCUT2D eigenvalue weighted by molar-refractivity contribution is -0.135. The zero-order chi connectivity index (χ0) is 12.8. The number of carboxylic acids is 1. The van der Waals surface area contributed by atoms with E-state index in [4.69, 9.17) is 14.6 Å². The molecule has 2 N–H and O–H groups in total. The van der Waals surface area contributed by atoms with Gasteiger partial charge in [-0.2, -0.15) is 0 Å². The van der Waals surface area contributed by atoms with Gasteiger partial charge in [-0.05, 0) is 12.5 Å². The molecule has 0 aromatic carbocycles. The fourth-order valence-electron chi connectivity index (χ4n) is 1.35. The number of rotatable bonds is 6. The zero-order valence-corrected chi connectivity index (χ0v) is 9.47. The maximum atomic E-state index is 11.6. The zero-order valence-electron chi connectivity index (χ0n) is 9.47. The number of aliphatic hydroxyl groups excluding tert-OH is 1. The van der Waals surface area contributed by atoms with Crippen LogP contribution in [0.1, 0.15) is 35.9 Å². The topological polar surface area (TPSA) is 87.7 Å². The number of ketones is 1. The van der Waals surface area contributed by atoms with Crippen molar-refractivity contribution < 1.29 is 24.2 Å². The summed E-state index contributed by atoms with van der Waals surface area (Å²) in [7, 11) is 0.